The Morgan fingerprint density at radius 2 is 1.85 bits per heavy atom. The summed E-state index contributed by atoms with van der Waals surface area (Å²) in [4.78, 5) is 24.1. The van der Waals surface area contributed by atoms with E-state index in [1.165, 1.54) is 0 Å². The third kappa shape index (κ3) is 3.94. The summed E-state index contributed by atoms with van der Waals surface area (Å²) in [7, 11) is 0. The van der Waals surface area contributed by atoms with Crippen molar-refractivity contribution in [2.75, 3.05) is 0 Å². The molecule has 1 aromatic carbocycles. The molecule has 20 heavy (non-hydrogen) atoms. The Hall–Kier alpha value is -1.61. The predicted octanol–water partition coefficient (Wildman–Crippen LogP) is 3.38. The van der Waals surface area contributed by atoms with Gasteiger partial charge >= 0.3 is 0 Å². The van der Waals surface area contributed by atoms with Gasteiger partial charge in [-0.2, -0.15) is 0 Å². The quantitative estimate of drug-likeness (QED) is 0.668. The number of amides is 1. The van der Waals surface area contributed by atoms with E-state index >= 15 is 0 Å². The summed E-state index contributed by atoms with van der Waals surface area (Å²) in [6.07, 6.45) is 6.11. The molecular formula is C16H18ClNO2. The van der Waals surface area contributed by atoms with Crippen LogP contribution in [0, 0.1) is 5.92 Å². The van der Waals surface area contributed by atoms with Gasteiger partial charge in [-0.1, -0.05) is 30.7 Å². The molecule has 2 rings (SSSR count). The Balaban J connectivity index is 1.87. The second kappa shape index (κ2) is 6.71. The van der Waals surface area contributed by atoms with Gasteiger partial charge in [-0.25, -0.2) is 0 Å². The maximum Gasteiger partial charge on any atom is 0.220 e. The van der Waals surface area contributed by atoms with E-state index in [1.54, 1.807) is 31.2 Å². The molecule has 0 spiro atoms. The monoisotopic (exact) mass is 291 g/mol. The molecule has 1 amide bonds. The number of halogens is 1. The normalized spacial score (nSPS) is 16.1. The van der Waals surface area contributed by atoms with E-state index in [0.717, 1.165) is 12.8 Å². The van der Waals surface area contributed by atoms with E-state index < -0.39 is 0 Å². The van der Waals surface area contributed by atoms with E-state index in [1.807, 2.05) is 0 Å². The Bertz CT molecular complexity index is 514. The molecule has 0 saturated heterocycles. The van der Waals surface area contributed by atoms with E-state index in [9.17, 15) is 9.59 Å². The van der Waals surface area contributed by atoms with Crippen LogP contribution in [0.4, 0.5) is 0 Å². The fourth-order valence-corrected chi connectivity index (χ4v) is 2.42. The summed E-state index contributed by atoms with van der Waals surface area (Å²) < 4.78 is 0. The maximum absolute atomic E-state index is 12.2. The fraction of sp³-hybridized carbons (Fsp3) is 0.375. The minimum Gasteiger partial charge on any atom is -0.353 e. The van der Waals surface area contributed by atoms with Gasteiger partial charge in [-0.05, 0) is 37.1 Å². The van der Waals surface area contributed by atoms with Crippen LogP contribution in [-0.4, -0.2) is 17.7 Å². The lowest BCUT2D eigenvalue weighted by molar-refractivity contribution is -0.122. The lowest BCUT2D eigenvalue weighted by Crippen LogP contribution is -2.34. The largest absolute Gasteiger partial charge is 0.353 e. The summed E-state index contributed by atoms with van der Waals surface area (Å²) in [5, 5.41) is 3.55. The van der Waals surface area contributed by atoms with E-state index in [-0.39, 0.29) is 30.1 Å². The average molecular weight is 292 g/mol. The van der Waals surface area contributed by atoms with Crippen LogP contribution in [0.5, 0.6) is 0 Å². The molecule has 0 aliphatic heterocycles. The van der Waals surface area contributed by atoms with Crippen molar-refractivity contribution in [2.24, 2.45) is 5.92 Å². The first-order valence-corrected chi connectivity index (χ1v) is 7.18. The molecule has 4 heteroatoms. The second-order valence-electron chi connectivity index (χ2n) is 5.18. The molecule has 1 aliphatic carbocycles. The first kappa shape index (κ1) is 14.8. The zero-order valence-corrected chi connectivity index (χ0v) is 12.2. The molecule has 3 nitrogen and oxygen atoms in total. The van der Waals surface area contributed by atoms with Gasteiger partial charge in [0.2, 0.25) is 5.91 Å². The van der Waals surface area contributed by atoms with Crippen LogP contribution < -0.4 is 5.32 Å². The number of nitrogens with one attached hydrogen (secondary N) is 1. The molecule has 106 valence electrons. The first-order valence-electron chi connectivity index (χ1n) is 6.80. The number of hydrogen-bond acceptors (Lipinski definition) is 2. The van der Waals surface area contributed by atoms with Crippen molar-refractivity contribution in [3.63, 3.8) is 0 Å². The van der Waals surface area contributed by atoms with Crippen LogP contribution in [-0.2, 0) is 4.79 Å². The number of carbonyl (C=O) groups excluding carboxylic acids is 2. The van der Waals surface area contributed by atoms with Gasteiger partial charge in [0.05, 0.1) is 0 Å². The van der Waals surface area contributed by atoms with Crippen molar-refractivity contribution in [3.8, 4) is 0 Å². The van der Waals surface area contributed by atoms with Crippen LogP contribution in [0.1, 0.15) is 36.5 Å². The van der Waals surface area contributed by atoms with Gasteiger partial charge < -0.3 is 5.32 Å². The summed E-state index contributed by atoms with van der Waals surface area (Å²) in [5.74, 6) is -0.416. The van der Waals surface area contributed by atoms with Crippen molar-refractivity contribution in [1.29, 1.82) is 0 Å². The molecule has 0 radical (unpaired) electrons. The fourth-order valence-electron chi connectivity index (χ4n) is 2.29. The Labute approximate surface area is 124 Å². The molecule has 0 heterocycles. The number of ketones is 1. The number of carbonyl (C=O) groups is 2. The Morgan fingerprint density at radius 3 is 2.45 bits per heavy atom. The van der Waals surface area contributed by atoms with Crippen LogP contribution in [0.15, 0.2) is 36.4 Å². The molecule has 1 N–H and O–H groups in total. The highest BCUT2D eigenvalue weighted by Crippen LogP contribution is 2.16. The molecule has 0 saturated carbocycles. The summed E-state index contributed by atoms with van der Waals surface area (Å²) >= 11 is 5.79. The van der Waals surface area contributed by atoms with Crippen molar-refractivity contribution >= 4 is 23.3 Å². The third-order valence-electron chi connectivity index (χ3n) is 3.44. The van der Waals surface area contributed by atoms with Crippen LogP contribution in [0.25, 0.3) is 0 Å². The van der Waals surface area contributed by atoms with Gasteiger partial charge in [0.1, 0.15) is 0 Å². The molecule has 1 unspecified atom stereocenters. The molecular weight excluding hydrogens is 274 g/mol. The first-order chi connectivity index (χ1) is 9.56. The third-order valence-corrected chi connectivity index (χ3v) is 3.69. The van der Waals surface area contributed by atoms with Gasteiger partial charge in [-0.3, -0.25) is 9.59 Å². The second-order valence-corrected chi connectivity index (χ2v) is 5.62. The molecule has 1 aromatic rings. The van der Waals surface area contributed by atoms with Gasteiger partial charge in [0, 0.05) is 29.0 Å². The summed E-state index contributed by atoms with van der Waals surface area (Å²) in [6.45, 7) is 1.78. The smallest absolute Gasteiger partial charge is 0.220 e. The molecule has 1 atom stereocenters. The van der Waals surface area contributed by atoms with E-state index in [0.29, 0.717) is 10.6 Å². The zero-order valence-electron chi connectivity index (χ0n) is 11.4. The Morgan fingerprint density at radius 1 is 1.25 bits per heavy atom. The maximum atomic E-state index is 12.2. The van der Waals surface area contributed by atoms with E-state index in [2.05, 4.69) is 17.5 Å². The highest BCUT2D eigenvalue weighted by Gasteiger charge is 2.20. The highest BCUT2D eigenvalue weighted by atomic mass is 35.5. The Kier molecular flexibility index (Phi) is 4.96. The van der Waals surface area contributed by atoms with Gasteiger partial charge in [-0.15, -0.1) is 0 Å². The summed E-state index contributed by atoms with van der Waals surface area (Å²) in [5.41, 5.74) is 0.595. The SMILES string of the molecule is CC(CC(=O)NC1CC=CC1)C(=O)c1ccc(Cl)cc1. The number of benzene rings is 1. The van der Waals surface area contributed by atoms with Crippen molar-refractivity contribution in [2.45, 2.75) is 32.2 Å². The van der Waals surface area contributed by atoms with Crippen molar-refractivity contribution in [3.05, 3.63) is 47.0 Å². The lowest BCUT2D eigenvalue weighted by Gasteiger charge is -2.14. The van der Waals surface area contributed by atoms with Crippen molar-refractivity contribution < 1.29 is 9.59 Å². The van der Waals surface area contributed by atoms with E-state index in [4.69, 9.17) is 11.6 Å². The lowest BCUT2D eigenvalue weighted by atomic mass is 9.96. The minimum atomic E-state index is -0.328. The van der Waals surface area contributed by atoms with Crippen LogP contribution in [0.2, 0.25) is 5.02 Å². The molecule has 1 aliphatic rings. The number of hydrogen-bond donors (Lipinski definition) is 1. The highest BCUT2D eigenvalue weighted by molar-refractivity contribution is 6.30. The average Bonchev–Trinajstić information content (AvgIpc) is 2.91. The molecule has 0 fully saturated rings. The van der Waals surface area contributed by atoms with Crippen LogP contribution >= 0.6 is 11.6 Å². The minimum absolute atomic E-state index is 0.0265. The summed E-state index contributed by atoms with van der Waals surface area (Å²) in [6, 6.07) is 6.96. The molecule has 0 bridgehead atoms. The standard InChI is InChI=1S/C16H18ClNO2/c1-11(10-15(19)18-14-4-2-3-5-14)16(20)12-6-8-13(17)9-7-12/h2-3,6-9,11,14H,4-5,10H2,1H3,(H,18,19). The predicted molar refractivity (Wildman–Crippen MR) is 79.9 cm³/mol. The molecule has 0 aromatic heterocycles. The van der Waals surface area contributed by atoms with Crippen molar-refractivity contribution in [1.82, 2.24) is 5.32 Å². The van der Waals surface area contributed by atoms with Gasteiger partial charge in [0.15, 0.2) is 5.78 Å². The topological polar surface area (TPSA) is 46.2 Å². The number of Topliss-reactive ketones (excluding diaryl/α,β-unsaturated/α-hetero) is 1. The number of rotatable bonds is 5. The zero-order chi connectivity index (χ0) is 14.5. The van der Waals surface area contributed by atoms with Gasteiger partial charge in [0.25, 0.3) is 0 Å². The van der Waals surface area contributed by atoms with Crippen LogP contribution in [0.3, 0.4) is 0 Å².